The van der Waals surface area contributed by atoms with Gasteiger partial charge >= 0.3 is 0 Å². The number of rotatable bonds is 4. The third-order valence-electron chi connectivity index (χ3n) is 4.13. The van der Waals surface area contributed by atoms with E-state index in [-0.39, 0.29) is 21.4 Å². The molecule has 0 spiro atoms. The molecule has 8 heteroatoms. The van der Waals surface area contributed by atoms with Crippen molar-refractivity contribution in [1.82, 2.24) is 14.5 Å². The minimum Gasteiger partial charge on any atom is -0.505 e. The summed E-state index contributed by atoms with van der Waals surface area (Å²) in [5, 5.41) is 13.7. The zero-order valence-corrected chi connectivity index (χ0v) is 14.6. The number of phenols is 1. The van der Waals surface area contributed by atoms with E-state index in [9.17, 15) is 9.90 Å². The molecule has 0 aliphatic heterocycles. The summed E-state index contributed by atoms with van der Waals surface area (Å²) in [4.78, 5) is 21.0. The Morgan fingerprint density at radius 2 is 1.96 bits per heavy atom. The molecule has 4 rings (SSSR count). The normalized spacial score (nSPS) is 14.0. The fraction of sp³-hybridized carbons (Fsp3) is 0.235. The van der Waals surface area contributed by atoms with Crippen LogP contribution in [0.2, 0.25) is 10.0 Å². The molecule has 6 nitrogen and oxygen atoms in total. The number of nitrogens with one attached hydrogen (secondary N) is 1. The van der Waals surface area contributed by atoms with E-state index in [0.717, 1.165) is 18.2 Å². The van der Waals surface area contributed by atoms with Crippen molar-refractivity contribution in [2.45, 2.75) is 19.4 Å². The maximum Gasteiger partial charge on any atom is 0.252 e. The number of aromatic hydroxyl groups is 1. The van der Waals surface area contributed by atoms with Crippen LogP contribution < -0.4 is 10.9 Å². The first-order valence-electron chi connectivity index (χ1n) is 7.83. The molecule has 25 heavy (non-hydrogen) atoms. The highest BCUT2D eigenvalue weighted by atomic mass is 35.5. The summed E-state index contributed by atoms with van der Waals surface area (Å²) in [5.74, 6) is 0.691. The second-order valence-electron chi connectivity index (χ2n) is 6.11. The topological polar surface area (TPSA) is 80.0 Å². The average Bonchev–Trinajstić information content (AvgIpc) is 3.39. The largest absolute Gasteiger partial charge is 0.505 e. The van der Waals surface area contributed by atoms with Gasteiger partial charge in [0.05, 0.1) is 10.0 Å². The van der Waals surface area contributed by atoms with Gasteiger partial charge in [0.25, 0.3) is 5.56 Å². The van der Waals surface area contributed by atoms with Crippen LogP contribution >= 0.6 is 23.2 Å². The van der Waals surface area contributed by atoms with Gasteiger partial charge in [-0.05, 0) is 37.0 Å². The quantitative estimate of drug-likeness (QED) is 0.673. The fourth-order valence-corrected chi connectivity index (χ4v) is 3.12. The van der Waals surface area contributed by atoms with Crippen LogP contribution in [0.4, 0.5) is 11.6 Å². The Labute approximate surface area is 153 Å². The van der Waals surface area contributed by atoms with Crippen molar-refractivity contribution in [3.63, 3.8) is 0 Å². The van der Waals surface area contributed by atoms with Crippen LogP contribution in [0.1, 0.15) is 12.8 Å². The van der Waals surface area contributed by atoms with Crippen molar-refractivity contribution >= 4 is 45.9 Å². The van der Waals surface area contributed by atoms with Gasteiger partial charge in [-0.3, -0.25) is 9.36 Å². The molecular weight excluding hydrogens is 363 g/mol. The van der Waals surface area contributed by atoms with E-state index in [2.05, 4.69) is 15.3 Å². The molecule has 1 aliphatic carbocycles. The predicted octanol–water partition coefficient (Wildman–Crippen LogP) is 3.96. The van der Waals surface area contributed by atoms with E-state index in [1.807, 2.05) is 0 Å². The van der Waals surface area contributed by atoms with Gasteiger partial charge in [-0.15, -0.1) is 0 Å². The first kappa shape index (κ1) is 16.2. The number of hydrogen-bond acceptors (Lipinski definition) is 5. The van der Waals surface area contributed by atoms with E-state index < -0.39 is 0 Å². The third kappa shape index (κ3) is 3.27. The molecule has 0 radical (unpaired) electrons. The molecule has 1 aliphatic rings. The maximum atomic E-state index is 12.2. The number of phenolic OH excluding ortho intramolecular Hbond substituents is 1. The van der Waals surface area contributed by atoms with Crippen molar-refractivity contribution < 1.29 is 5.11 Å². The number of halogens is 2. The number of anilines is 2. The number of nitrogens with zero attached hydrogens (tertiary/aromatic N) is 3. The van der Waals surface area contributed by atoms with Crippen molar-refractivity contribution in [3.05, 3.63) is 50.9 Å². The van der Waals surface area contributed by atoms with Gasteiger partial charge in [0.2, 0.25) is 5.95 Å². The molecule has 2 N–H and O–H groups in total. The second kappa shape index (κ2) is 6.20. The van der Waals surface area contributed by atoms with Gasteiger partial charge in [-0.2, -0.15) is 4.98 Å². The molecule has 0 atom stereocenters. The second-order valence-corrected chi connectivity index (χ2v) is 6.93. The molecule has 0 unspecified atom stereocenters. The molecule has 2 heterocycles. The molecular formula is C17H14Cl2N4O2. The van der Waals surface area contributed by atoms with Crippen molar-refractivity contribution in [2.75, 3.05) is 5.32 Å². The summed E-state index contributed by atoms with van der Waals surface area (Å²) >= 11 is 11.9. The standard InChI is InChI=1S/C17H14Cl2N4O2/c18-12-5-11(6-13(19)15(12)25)21-17-20-7-10-3-4-14(24)23(16(10)22-17)8-9-1-2-9/h3-7,9,25H,1-2,8H2,(H,20,21,22). The Hall–Kier alpha value is -2.31. The number of fused-ring (bicyclic) bond motifs is 1. The summed E-state index contributed by atoms with van der Waals surface area (Å²) in [6.45, 7) is 0.670. The van der Waals surface area contributed by atoms with E-state index in [1.165, 1.54) is 12.1 Å². The number of benzene rings is 1. The van der Waals surface area contributed by atoms with Gasteiger partial charge in [0.15, 0.2) is 5.75 Å². The van der Waals surface area contributed by atoms with Gasteiger partial charge in [0.1, 0.15) is 5.65 Å². The van der Waals surface area contributed by atoms with E-state index in [1.54, 1.807) is 22.9 Å². The lowest BCUT2D eigenvalue weighted by molar-refractivity contribution is 0.476. The summed E-state index contributed by atoms with van der Waals surface area (Å²) in [7, 11) is 0. The zero-order valence-electron chi connectivity index (χ0n) is 13.0. The van der Waals surface area contributed by atoms with Crippen molar-refractivity contribution in [1.29, 1.82) is 0 Å². The molecule has 0 bridgehead atoms. The number of pyridine rings is 1. The first-order valence-corrected chi connectivity index (χ1v) is 8.58. The van der Waals surface area contributed by atoms with E-state index in [0.29, 0.717) is 29.7 Å². The molecule has 3 aromatic rings. The predicted molar refractivity (Wildman–Crippen MR) is 97.9 cm³/mol. The summed E-state index contributed by atoms with van der Waals surface area (Å²) in [5.41, 5.74) is 1.06. The molecule has 2 aromatic heterocycles. The monoisotopic (exact) mass is 376 g/mol. The summed E-state index contributed by atoms with van der Waals surface area (Å²) in [6.07, 6.45) is 3.95. The van der Waals surface area contributed by atoms with Crippen LogP contribution in [0.5, 0.6) is 5.75 Å². The molecule has 1 aromatic carbocycles. The lowest BCUT2D eigenvalue weighted by atomic mass is 10.3. The highest BCUT2D eigenvalue weighted by molar-refractivity contribution is 6.37. The van der Waals surface area contributed by atoms with Gasteiger partial charge in [0, 0.05) is 29.9 Å². The SMILES string of the molecule is O=c1ccc2cnc(Nc3cc(Cl)c(O)c(Cl)c3)nc2n1CC1CC1. The van der Waals surface area contributed by atoms with Crippen molar-refractivity contribution in [3.8, 4) is 5.75 Å². The van der Waals surface area contributed by atoms with Gasteiger partial charge < -0.3 is 10.4 Å². The smallest absolute Gasteiger partial charge is 0.252 e. The van der Waals surface area contributed by atoms with Crippen LogP contribution in [0.25, 0.3) is 11.0 Å². The van der Waals surface area contributed by atoms with Crippen molar-refractivity contribution in [2.24, 2.45) is 5.92 Å². The highest BCUT2D eigenvalue weighted by Crippen LogP contribution is 2.35. The lowest BCUT2D eigenvalue weighted by Gasteiger charge is -2.11. The number of aromatic nitrogens is 3. The Kier molecular flexibility index (Phi) is 4.01. The van der Waals surface area contributed by atoms with Crippen LogP contribution in [0, 0.1) is 5.92 Å². The van der Waals surface area contributed by atoms with Crippen LogP contribution in [0.15, 0.2) is 35.3 Å². The Morgan fingerprint density at radius 3 is 2.64 bits per heavy atom. The maximum absolute atomic E-state index is 12.2. The average molecular weight is 377 g/mol. The Bertz CT molecular complexity index is 1010. The summed E-state index contributed by atoms with van der Waals surface area (Å²) in [6, 6.07) is 6.32. The van der Waals surface area contributed by atoms with Gasteiger partial charge in [-0.1, -0.05) is 23.2 Å². The van der Waals surface area contributed by atoms with E-state index >= 15 is 0 Å². The highest BCUT2D eigenvalue weighted by Gasteiger charge is 2.23. The van der Waals surface area contributed by atoms with Gasteiger partial charge in [-0.25, -0.2) is 4.98 Å². The first-order chi connectivity index (χ1) is 12.0. The fourth-order valence-electron chi connectivity index (χ4n) is 2.63. The third-order valence-corrected chi connectivity index (χ3v) is 4.71. The molecule has 128 valence electrons. The molecule has 0 amide bonds. The summed E-state index contributed by atoms with van der Waals surface area (Å²) < 4.78 is 1.69. The minimum absolute atomic E-state index is 0.0697. The van der Waals surface area contributed by atoms with Crippen LogP contribution in [-0.4, -0.2) is 19.6 Å². The number of hydrogen-bond donors (Lipinski definition) is 2. The van der Waals surface area contributed by atoms with E-state index in [4.69, 9.17) is 23.2 Å². The zero-order chi connectivity index (χ0) is 17.6. The minimum atomic E-state index is -0.174. The molecule has 0 saturated heterocycles. The van der Waals surface area contributed by atoms with Crippen LogP contribution in [0.3, 0.4) is 0 Å². The molecule has 1 saturated carbocycles. The molecule has 1 fully saturated rings. The lowest BCUT2D eigenvalue weighted by Crippen LogP contribution is -2.21. The van der Waals surface area contributed by atoms with Crippen LogP contribution in [-0.2, 0) is 6.54 Å². The Balaban J connectivity index is 1.74. The Morgan fingerprint density at radius 1 is 1.24 bits per heavy atom.